The van der Waals surface area contributed by atoms with Gasteiger partial charge in [0.1, 0.15) is 12.4 Å². The van der Waals surface area contributed by atoms with Crippen LogP contribution >= 0.6 is 0 Å². The van der Waals surface area contributed by atoms with Gasteiger partial charge in [-0.15, -0.1) is 0 Å². The molecule has 0 radical (unpaired) electrons. The summed E-state index contributed by atoms with van der Waals surface area (Å²) in [5, 5.41) is 0. The van der Waals surface area contributed by atoms with E-state index in [4.69, 9.17) is 9.47 Å². The molecule has 0 bridgehead atoms. The largest absolute Gasteiger partial charge is 0.497 e. The van der Waals surface area contributed by atoms with Crippen molar-refractivity contribution >= 4 is 15.9 Å². The zero-order chi connectivity index (χ0) is 30.6. The van der Waals surface area contributed by atoms with Crippen LogP contribution in [0.3, 0.4) is 0 Å². The first kappa shape index (κ1) is 31.9. The van der Waals surface area contributed by atoms with Crippen LogP contribution in [0.1, 0.15) is 48.8 Å². The van der Waals surface area contributed by atoms with Crippen molar-refractivity contribution in [2.24, 2.45) is 0 Å². The van der Waals surface area contributed by atoms with Crippen LogP contribution in [0.2, 0.25) is 0 Å². The maximum absolute atomic E-state index is 13.9. The number of hydrogen-bond acceptors (Lipinski definition) is 7. The van der Waals surface area contributed by atoms with Crippen molar-refractivity contribution in [3.63, 3.8) is 0 Å². The molecule has 0 N–H and O–H groups in total. The van der Waals surface area contributed by atoms with Crippen LogP contribution in [0.15, 0.2) is 47.4 Å². The summed E-state index contributed by atoms with van der Waals surface area (Å²) in [6.45, 7) is 9.78. The fourth-order valence-electron chi connectivity index (χ4n) is 7.28. The van der Waals surface area contributed by atoms with Gasteiger partial charge in [0.05, 0.1) is 18.6 Å². The first-order chi connectivity index (χ1) is 20.7. The lowest BCUT2D eigenvalue weighted by molar-refractivity contribution is -0.140. The van der Waals surface area contributed by atoms with E-state index in [1.165, 1.54) is 5.56 Å². The third kappa shape index (κ3) is 6.78. The quantitative estimate of drug-likeness (QED) is 0.428. The van der Waals surface area contributed by atoms with Gasteiger partial charge in [0.15, 0.2) is 0 Å². The van der Waals surface area contributed by atoms with Crippen molar-refractivity contribution in [1.82, 2.24) is 19.0 Å². The Morgan fingerprint density at radius 2 is 1.58 bits per heavy atom. The number of benzene rings is 2. The highest BCUT2D eigenvalue weighted by molar-refractivity contribution is 7.89. The minimum atomic E-state index is -3.73. The van der Waals surface area contributed by atoms with Gasteiger partial charge in [-0.2, -0.15) is 4.31 Å². The van der Waals surface area contributed by atoms with Crippen molar-refractivity contribution in [2.75, 3.05) is 73.2 Å². The molecular weight excluding hydrogens is 564 g/mol. The highest BCUT2D eigenvalue weighted by atomic mass is 32.2. The summed E-state index contributed by atoms with van der Waals surface area (Å²) in [5.74, 6) is 0.625. The predicted molar refractivity (Wildman–Crippen MR) is 168 cm³/mol. The van der Waals surface area contributed by atoms with E-state index in [9.17, 15) is 13.2 Å². The van der Waals surface area contributed by atoms with Crippen molar-refractivity contribution in [3.05, 3.63) is 59.2 Å². The molecule has 5 rings (SSSR count). The second-order valence-corrected chi connectivity index (χ2v) is 14.3. The monoisotopic (exact) mass is 612 g/mol. The molecule has 43 heavy (non-hydrogen) atoms. The zero-order valence-electron chi connectivity index (χ0n) is 26.3. The van der Waals surface area contributed by atoms with Crippen LogP contribution in [0, 0.1) is 13.8 Å². The number of likely N-dealkylation sites (tertiary alicyclic amines) is 1. The number of piperidine rings is 2. The molecule has 3 aliphatic heterocycles. The Balaban J connectivity index is 1.20. The van der Waals surface area contributed by atoms with Crippen LogP contribution in [0.25, 0.3) is 0 Å². The second-order valence-electron chi connectivity index (χ2n) is 12.4. The molecule has 0 aromatic heterocycles. The molecule has 1 unspecified atom stereocenters. The number of amides is 1. The Bertz CT molecular complexity index is 1330. The molecule has 0 saturated carbocycles. The number of aryl methyl sites for hydroxylation is 2. The summed E-state index contributed by atoms with van der Waals surface area (Å²) < 4.78 is 40.6. The first-order valence-corrected chi connectivity index (χ1v) is 17.1. The first-order valence-electron chi connectivity index (χ1n) is 15.7. The molecular formula is C33H48N4O5S. The van der Waals surface area contributed by atoms with E-state index in [-0.39, 0.29) is 30.7 Å². The van der Waals surface area contributed by atoms with Gasteiger partial charge in [-0.05, 0) is 75.4 Å². The summed E-state index contributed by atoms with van der Waals surface area (Å²) in [6.07, 6.45) is 4.25. The second kappa shape index (κ2) is 13.6. The van der Waals surface area contributed by atoms with Gasteiger partial charge in [-0.1, -0.05) is 36.8 Å². The summed E-state index contributed by atoms with van der Waals surface area (Å²) >= 11 is 0. The van der Waals surface area contributed by atoms with Crippen LogP contribution in [-0.2, 0) is 25.1 Å². The fraction of sp³-hybridized carbons (Fsp3) is 0.606. The van der Waals surface area contributed by atoms with E-state index in [1.54, 1.807) is 23.5 Å². The van der Waals surface area contributed by atoms with E-state index in [0.717, 1.165) is 58.3 Å². The minimum Gasteiger partial charge on any atom is -0.497 e. The average molecular weight is 613 g/mol. The Morgan fingerprint density at radius 3 is 2.21 bits per heavy atom. The van der Waals surface area contributed by atoms with E-state index in [1.807, 2.05) is 18.7 Å². The maximum Gasteiger partial charge on any atom is 0.248 e. The van der Waals surface area contributed by atoms with Crippen molar-refractivity contribution < 1.29 is 22.7 Å². The molecule has 3 saturated heterocycles. The normalized spacial score (nSPS) is 22.4. The molecule has 0 spiro atoms. The van der Waals surface area contributed by atoms with E-state index >= 15 is 0 Å². The highest BCUT2D eigenvalue weighted by Crippen LogP contribution is 2.39. The lowest BCUT2D eigenvalue weighted by atomic mass is 9.78. The third-order valence-corrected chi connectivity index (χ3v) is 12.0. The fourth-order valence-corrected chi connectivity index (χ4v) is 9.37. The Morgan fingerprint density at radius 1 is 0.930 bits per heavy atom. The molecule has 236 valence electrons. The van der Waals surface area contributed by atoms with Gasteiger partial charge in [0.2, 0.25) is 15.9 Å². The number of ether oxygens (including phenoxy) is 2. The predicted octanol–water partition coefficient (Wildman–Crippen LogP) is 3.64. The number of likely N-dealkylation sites (N-methyl/N-ethyl adjacent to an activating group) is 1. The van der Waals surface area contributed by atoms with Crippen LogP contribution in [-0.4, -0.2) is 113 Å². The van der Waals surface area contributed by atoms with Crippen molar-refractivity contribution in [1.29, 1.82) is 0 Å². The molecule has 9 nitrogen and oxygen atoms in total. The minimum absolute atomic E-state index is 0.0212. The number of hydrogen-bond donors (Lipinski definition) is 0. The Kier molecular flexibility index (Phi) is 10.1. The van der Waals surface area contributed by atoms with Crippen molar-refractivity contribution in [3.8, 4) is 5.75 Å². The summed E-state index contributed by atoms with van der Waals surface area (Å²) in [7, 11) is 0.0321. The van der Waals surface area contributed by atoms with Crippen LogP contribution in [0.4, 0.5) is 0 Å². The van der Waals surface area contributed by atoms with E-state index in [0.29, 0.717) is 41.4 Å². The van der Waals surface area contributed by atoms with Gasteiger partial charge < -0.3 is 19.3 Å². The summed E-state index contributed by atoms with van der Waals surface area (Å²) in [4.78, 5) is 20.6. The number of carbonyl (C=O) groups excluding carboxylic acids is 1. The standard InChI is InChI=1S/C33H48N4O5S/c1-26-22-30(41-4)23-27(2)32(26)43(39,40)37-15-9-8-12-29(37)24-42-25-31(38)35-16-13-33(14-17-35,28-10-6-5-7-11-28)36-20-18-34(3)19-21-36/h5-7,10-11,22-23,29H,8-9,12-21,24-25H2,1-4H3. The molecule has 3 aliphatic rings. The Hall–Kier alpha value is -2.50. The third-order valence-electron chi connectivity index (χ3n) is 9.71. The van der Waals surface area contributed by atoms with Gasteiger partial charge in [0.25, 0.3) is 0 Å². The average Bonchev–Trinajstić information content (AvgIpc) is 3.01. The molecule has 1 atom stereocenters. The summed E-state index contributed by atoms with van der Waals surface area (Å²) in [5.41, 5.74) is 2.62. The number of methoxy groups -OCH3 is 1. The lowest BCUT2D eigenvalue weighted by Crippen LogP contribution is -2.59. The molecule has 3 heterocycles. The van der Waals surface area contributed by atoms with Crippen LogP contribution < -0.4 is 4.74 Å². The molecule has 10 heteroatoms. The highest BCUT2D eigenvalue weighted by Gasteiger charge is 2.43. The number of carbonyl (C=O) groups is 1. The lowest BCUT2D eigenvalue weighted by Gasteiger charge is -2.51. The molecule has 0 aliphatic carbocycles. The van der Waals surface area contributed by atoms with Gasteiger partial charge in [-0.3, -0.25) is 9.69 Å². The maximum atomic E-state index is 13.9. The molecule has 3 fully saturated rings. The molecule has 2 aromatic rings. The summed E-state index contributed by atoms with van der Waals surface area (Å²) in [6, 6.07) is 14.0. The molecule has 2 aromatic carbocycles. The smallest absolute Gasteiger partial charge is 0.248 e. The number of rotatable bonds is 9. The number of sulfonamides is 1. The van der Waals surface area contributed by atoms with Gasteiger partial charge in [-0.25, -0.2) is 8.42 Å². The number of piperazine rings is 1. The Labute approximate surface area is 257 Å². The van der Waals surface area contributed by atoms with E-state index < -0.39 is 10.0 Å². The zero-order valence-corrected chi connectivity index (χ0v) is 27.1. The van der Waals surface area contributed by atoms with Gasteiger partial charge >= 0.3 is 0 Å². The van der Waals surface area contributed by atoms with E-state index in [2.05, 4.69) is 47.2 Å². The van der Waals surface area contributed by atoms with Crippen LogP contribution in [0.5, 0.6) is 5.75 Å². The van der Waals surface area contributed by atoms with Crippen molar-refractivity contribution in [2.45, 2.75) is 62.4 Å². The SMILES string of the molecule is COc1cc(C)c(S(=O)(=O)N2CCCCC2COCC(=O)N2CCC(c3ccccc3)(N3CCN(C)CC3)CC2)c(C)c1. The molecule has 1 amide bonds. The van der Waals surface area contributed by atoms with Gasteiger partial charge in [0, 0.05) is 57.4 Å². The number of nitrogens with zero attached hydrogens (tertiary/aromatic N) is 4. The topological polar surface area (TPSA) is 82.6 Å².